The molecule has 104 valence electrons. The van der Waals surface area contributed by atoms with Crippen LogP contribution in [0.25, 0.3) is 0 Å². The highest BCUT2D eigenvalue weighted by Gasteiger charge is 2.42. The molecule has 1 aliphatic rings. The molecule has 1 N–H and O–H groups in total. The van der Waals surface area contributed by atoms with Gasteiger partial charge in [-0.25, -0.2) is 13.1 Å². The number of benzene rings is 1. The van der Waals surface area contributed by atoms with Gasteiger partial charge < -0.3 is 0 Å². The summed E-state index contributed by atoms with van der Waals surface area (Å²) in [7, 11) is -3.48. The molecule has 1 aromatic carbocycles. The molecule has 0 heterocycles. The maximum atomic E-state index is 12.1. The van der Waals surface area contributed by atoms with Crippen molar-refractivity contribution >= 4 is 27.6 Å². The standard InChI is InChI=1S/C13H17NO3S2/c1-10(15)11-3-5-12(6-4-11)19(16,17)14-9-13(18-2)7-8-13/h3-6,14H,7-9H2,1-2H3. The smallest absolute Gasteiger partial charge is 0.240 e. The van der Waals surface area contributed by atoms with Crippen LogP contribution in [-0.2, 0) is 10.0 Å². The van der Waals surface area contributed by atoms with Crippen LogP contribution in [0.15, 0.2) is 29.2 Å². The van der Waals surface area contributed by atoms with Crippen molar-refractivity contribution in [1.29, 1.82) is 0 Å². The topological polar surface area (TPSA) is 63.2 Å². The number of carbonyl (C=O) groups is 1. The molecule has 0 unspecified atom stereocenters. The Labute approximate surface area is 118 Å². The summed E-state index contributed by atoms with van der Waals surface area (Å²) in [6.45, 7) is 1.92. The molecular formula is C13H17NO3S2. The van der Waals surface area contributed by atoms with Crippen LogP contribution in [-0.4, -0.2) is 31.7 Å². The third kappa shape index (κ3) is 3.38. The van der Waals surface area contributed by atoms with Crippen molar-refractivity contribution in [2.45, 2.75) is 29.4 Å². The Hall–Kier alpha value is -0.850. The Morgan fingerprint density at radius 1 is 1.32 bits per heavy atom. The van der Waals surface area contributed by atoms with Crippen LogP contribution < -0.4 is 4.72 Å². The first-order chi connectivity index (χ1) is 8.88. The minimum atomic E-state index is -3.48. The van der Waals surface area contributed by atoms with E-state index in [0.29, 0.717) is 12.1 Å². The Bertz CT molecular complexity index is 574. The van der Waals surface area contributed by atoms with Crippen molar-refractivity contribution in [2.24, 2.45) is 0 Å². The van der Waals surface area contributed by atoms with Crippen LogP contribution in [0.2, 0.25) is 0 Å². The van der Waals surface area contributed by atoms with E-state index in [1.807, 2.05) is 6.26 Å². The van der Waals surface area contributed by atoms with Gasteiger partial charge in [0.05, 0.1) is 4.90 Å². The fourth-order valence-corrected chi connectivity index (χ4v) is 3.72. The van der Waals surface area contributed by atoms with E-state index in [-0.39, 0.29) is 15.4 Å². The van der Waals surface area contributed by atoms with Gasteiger partial charge >= 0.3 is 0 Å². The molecule has 0 spiro atoms. The second-order valence-electron chi connectivity index (χ2n) is 4.79. The Balaban J connectivity index is 2.08. The molecule has 1 fully saturated rings. The number of carbonyl (C=O) groups excluding carboxylic acids is 1. The maximum absolute atomic E-state index is 12.1. The number of Topliss-reactive ketones (excluding diaryl/α,β-unsaturated/α-hetero) is 1. The number of thioether (sulfide) groups is 1. The first kappa shape index (κ1) is 14.6. The summed E-state index contributed by atoms with van der Waals surface area (Å²) in [6.07, 6.45) is 4.11. The Morgan fingerprint density at radius 3 is 2.32 bits per heavy atom. The highest BCUT2D eigenvalue weighted by molar-refractivity contribution is 8.00. The largest absolute Gasteiger partial charge is 0.295 e. The van der Waals surface area contributed by atoms with Crippen LogP contribution >= 0.6 is 11.8 Å². The van der Waals surface area contributed by atoms with Crippen molar-refractivity contribution < 1.29 is 13.2 Å². The summed E-state index contributed by atoms with van der Waals surface area (Å²) >= 11 is 1.71. The lowest BCUT2D eigenvalue weighted by Crippen LogP contribution is -2.31. The van der Waals surface area contributed by atoms with E-state index in [4.69, 9.17) is 0 Å². The van der Waals surface area contributed by atoms with Crippen LogP contribution in [0, 0.1) is 0 Å². The van der Waals surface area contributed by atoms with Crippen molar-refractivity contribution in [3.8, 4) is 0 Å². The van der Waals surface area contributed by atoms with E-state index in [9.17, 15) is 13.2 Å². The molecule has 1 aromatic rings. The SMILES string of the molecule is CSC1(CNS(=O)(=O)c2ccc(C(C)=O)cc2)CC1. The average molecular weight is 299 g/mol. The van der Waals surface area contributed by atoms with Crippen molar-refractivity contribution in [3.05, 3.63) is 29.8 Å². The van der Waals surface area contributed by atoms with Gasteiger partial charge in [0.1, 0.15) is 0 Å². The number of rotatable bonds is 6. The van der Waals surface area contributed by atoms with Gasteiger partial charge in [-0.2, -0.15) is 11.8 Å². The Morgan fingerprint density at radius 2 is 1.89 bits per heavy atom. The van der Waals surface area contributed by atoms with E-state index < -0.39 is 10.0 Å². The summed E-state index contributed by atoms with van der Waals surface area (Å²) in [5.74, 6) is -0.0729. The van der Waals surface area contributed by atoms with Crippen molar-refractivity contribution in [1.82, 2.24) is 4.72 Å². The molecule has 2 rings (SSSR count). The molecule has 0 atom stereocenters. The van der Waals surface area contributed by atoms with Crippen LogP contribution in [0.5, 0.6) is 0 Å². The third-order valence-electron chi connectivity index (χ3n) is 3.40. The van der Waals surface area contributed by atoms with Crippen LogP contribution in [0.3, 0.4) is 0 Å². The minimum absolute atomic E-state index is 0.0729. The molecule has 0 aromatic heterocycles. The van der Waals surface area contributed by atoms with E-state index in [1.54, 1.807) is 23.9 Å². The van der Waals surface area contributed by atoms with Crippen LogP contribution in [0.4, 0.5) is 0 Å². The number of sulfonamides is 1. The zero-order chi connectivity index (χ0) is 14.1. The zero-order valence-electron chi connectivity index (χ0n) is 11.0. The van der Waals surface area contributed by atoms with E-state index in [1.165, 1.54) is 19.1 Å². The number of nitrogens with one attached hydrogen (secondary N) is 1. The van der Waals surface area contributed by atoms with Gasteiger partial charge in [-0.3, -0.25) is 4.79 Å². The molecule has 1 aliphatic carbocycles. The van der Waals surface area contributed by atoms with Crippen molar-refractivity contribution in [3.63, 3.8) is 0 Å². The molecule has 0 saturated heterocycles. The lowest BCUT2D eigenvalue weighted by molar-refractivity contribution is 0.101. The number of hydrogen-bond acceptors (Lipinski definition) is 4. The molecule has 19 heavy (non-hydrogen) atoms. The second-order valence-corrected chi connectivity index (χ2v) is 7.83. The van der Waals surface area contributed by atoms with E-state index in [0.717, 1.165) is 12.8 Å². The average Bonchev–Trinajstić information content (AvgIpc) is 3.17. The molecule has 0 bridgehead atoms. The monoisotopic (exact) mass is 299 g/mol. The normalized spacial score (nSPS) is 17.2. The van der Waals surface area contributed by atoms with E-state index in [2.05, 4.69) is 4.72 Å². The Kier molecular flexibility index (Phi) is 4.03. The number of hydrogen-bond donors (Lipinski definition) is 1. The van der Waals surface area contributed by atoms with Gasteiger partial charge in [0.2, 0.25) is 10.0 Å². The number of ketones is 1. The fraction of sp³-hybridized carbons (Fsp3) is 0.462. The molecule has 1 saturated carbocycles. The molecule has 4 nitrogen and oxygen atoms in total. The second kappa shape index (κ2) is 5.26. The van der Waals surface area contributed by atoms with Gasteiger partial charge in [-0.15, -0.1) is 0 Å². The summed E-state index contributed by atoms with van der Waals surface area (Å²) in [6, 6.07) is 6.02. The lowest BCUT2D eigenvalue weighted by atomic mass is 10.2. The summed E-state index contributed by atoms with van der Waals surface area (Å²) in [5, 5.41) is 0. The van der Waals surface area contributed by atoms with E-state index >= 15 is 0 Å². The summed E-state index contributed by atoms with van der Waals surface area (Å²) in [4.78, 5) is 11.3. The first-order valence-corrected chi connectivity index (χ1v) is 8.75. The highest BCUT2D eigenvalue weighted by atomic mass is 32.2. The summed E-state index contributed by atoms with van der Waals surface area (Å²) < 4.78 is 26.9. The predicted molar refractivity (Wildman–Crippen MR) is 77.1 cm³/mol. The summed E-state index contributed by atoms with van der Waals surface area (Å²) in [5.41, 5.74) is 0.515. The molecule has 0 amide bonds. The lowest BCUT2D eigenvalue weighted by Gasteiger charge is -2.13. The van der Waals surface area contributed by atoms with Gasteiger partial charge in [-0.1, -0.05) is 12.1 Å². The van der Waals surface area contributed by atoms with Gasteiger partial charge in [0, 0.05) is 16.9 Å². The predicted octanol–water partition coefficient (Wildman–Crippen LogP) is 2.06. The van der Waals surface area contributed by atoms with Gasteiger partial charge in [0.15, 0.2) is 5.78 Å². The zero-order valence-corrected chi connectivity index (χ0v) is 12.6. The van der Waals surface area contributed by atoms with Crippen LogP contribution in [0.1, 0.15) is 30.1 Å². The van der Waals surface area contributed by atoms with Crippen molar-refractivity contribution in [2.75, 3.05) is 12.8 Å². The first-order valence-electron chi connectivity index (χ1n) is 6.04. The molecule has 0 aliphatic heterocycles. The quantitative estimate of drug-likeness (QED) is 0.817. The third-order valence-corrected chi connectivity index (χ3v) is 6.23. The fourth-order valence-electron chi connectivity index (χ4n) is 1.77. The van der Waals surface area contributed by atoms with Gasteiger partial charge in [-0.05, 0) is 38.2 Å². The van der Waals surface area contributed by atoms with Gasteiger partial charge in [0.25, 0.3) is 0 Å². The highest BCUT2D eigenvalue weighted by Crippen LogP contribution is 2.46. The molecular weight excluding hydrogens is 282 g/mol. The molecule has 6 heteroatoms. The molecule has 0 radical (unpaired) electrons. The maximum Gasteiger partial charge on any atom is 0.240 e. The minimum Gasteiger partial charge on any atom is -0.295 e.